The highest BCUT2D eigenvalue weighted by Crippen LogP contribution is 2.27. The van der Waals surface area contributed by atoms with Gasteiger partial charge >= 0.3 is 0 Å². The van der Waals surface area contributed by atoms with Gasteiger partial charge in [-0.05, 0) is 63.1 Å². The van der Waals surface area contributed by atoms with Crippen LogP contribution in [0.4, 0.5) is 11.4 Å². The van der Waals surface area contributed by atoms with E-state index < -0.39 is 0 Å². The van der Waals surface area contributed by atoms with Crippen LogP contribution in [0.3, 0.4) is 0 Å². The highest BCUT2D eigenvalue weighted by molar-refractivity contribution is 5.95. The predicted octanol–water partition coefficient (Wildman–Crippen LogP) is 4.11. The van der Waals surface area contributed by atoms with Gasteiger partial charge in [-0.1, -0.05) is 18.2 Å². The normalized spacial score (nSPS) is 14.4. The molecule has 1 fully saturated rings. The molecule has 0 spiro atoms. The average Bonchev–Trinajstić information content (AvgIpc) is 2.69. The van der Waals surface area contributed by atoms with Gasteiger partial charge in [-0.15, -0.1) is 0 Å². The molecule has 2 aromatic rings. The third-order valence-corrected chi connectivity index (χ3v) is 5.59. The van der Waals surface area contributed by atoms with Crippen molar-refractivity contribution < 1.29 is 4.79 Å². The van der Waals surface area contributed by atoms with Crippen molar-refractivity contribution >= 4 is 17.3 Å². The molecule has 27 heavy (non-hydrogen) atoms. The van der Waals surface area contributed by atoms with E-state index >= 15 is 0 Å². The van der Waals surface area contributed by atoms with E-state index in [1.165, 1.54) is 16.9 Å². The van der Waals surface area contributed by atoms with Crippen molar-refractivity contribution in [2.45, 2.75) is 27.7 Å². The van der Waals surface area contributed by atoms with E-state index in [0.717, 1.165) is 50.4 Å². The number of rotatable bonds is 5. The van der Waals surface area contributed by atoms with Crippen molar-refractivity contribution in [3.63, 3.8) is 0 Å². The molecule has 1 saturated heterocycles. The lowest BCUT2D eigenvalue weighted by molar-refractivity contribution is 0.0746. The zero-order valence-corrected chi connectivity index (χ0v) is 17.0. The van der Waals surface area contributed by atoms with E-state index in [4.69, 9.17) is 0 Å². The van der Waals surface area contributed by atoms with Gasteiger partial charge in [0.15, 0.2) is 0 Å². The minimum Gasteiger partial charge on any atom is -0.372 e. The number of carbonyl (C=O) groups is 1. The lowest BCUT2D eigenvalue weighted by Crippen LogP contribution is -2.49. The molecule has 4 nitrogen and oxygen atoms in total. The van der Waals surface area contributed by atoms with E-state index in [-0.39, 0.29) is 5.91 Å². The second kappa shape index (κ2) is 8.47. The Bertz CT molecular complexity index is 790. The zero-order valence-electron chi connectivity index (χ0n) is 17.0. The van der Waals surface area contributed by atoms with Gasteiger partial charge < -0.3 is 14.7 Å². The monoisotopic (exact) mass is 365 g/mol. The van der Waals surface area contributed by atoms with Crippen LogP contribution in [0.15, 0.2) is 42.5 Å². The molecular formula is C23H31N3O. The maximum atomic E-state index is 12.8. The Kier molecular flexibility index (Phi) is 6.04. The van der Waals surface area contributed by atoms with Gasteiger partial charge in [-0.2, -0.15) is 0 Å². The minimum absolute atomic E-state index is 0.154. The highest BCUT2D eigenvalue weighted by atomic mass is 16.2. The summed E-state index contributed by atoms with van der Waals surface area (Å²) in [4.78, 5) is 19.6. The van der Waals surface area contributed by atoms with Crippen LogP contribution in [0.1, 0.15) is 35.3 Å². The molecular weight excluding hydrogens is 334 g/mol. The molecule has 0 unspecified atom stereocenters. The van der Waals surface area contributed by atoms with Crippen molar-refractivity contribution in [1.82, 2.24) is 4.90 Å². The quantitative estimate of drug-likeness (QED) is 0.798. The Hall–Kier alpha value is -2.49. The summed E-state index contributed by atoms with van der Waals surface area (Å²) in [6, 6.07) is 14.6. The lowest BCUT2D eigenvalue weighted by atomic mass is 10.1. The van der Waals surface area contributed by atoms with Crippen molar-refractivity contribution in [1.29, 1.82) is 0 Å². The van der Waals surface area contributed by atoms with Crippen LogP contribution in [0.2, 0.25) is 0 Å². The summed E-state index contributed by atoms with van der Waals surface area (Å²) in [7, 11) is 0. The van der Waals surface area contributed by atoms with Crippen molar-refractivity contribution in [2.75, 3.05) is 49.1 Å². The first-order chi connectivity index (χ1) is 13.0. The number of hydrogen-bond donors (Lipinski definition) is 0. The predicted molar refractivity (Wildman–Crippen MR) is 114 cm³/mol. The Balaban J connectivity index is 1.67. The summed E-state index contributed by atoms with van der Waals surface area (Å²) >= 11 is 0. The number of amides is 1. The summed E-state index contributed by atoms with van der Waals surface area (Å²) < 4.78 is 0. The number of nitrogens with zero attached hydrogens (tertiary/aromatic N) is 3. The second-order valence-electron chi connectivity index (χ2n) is 7.24. The maximum absolute atomic E-state index is 12.8. The van der Waals surface area contributed by atoms with Gasteiger partial charge in [0, 0.05) is 56.2 Å². The summed E-state index contributed by atoms with van der Waals surface area (Å²) in [5.41, 5.74) is 5.75. The summed E-state index contributed by atoms with van der Waals surface area (Å²) in [6.07, 6.45) is 0. The Morgan fingerprint density at radius 2 is 1.59 bits per heavy atom. The number of benzene rings is 2. The molecule has 0 saturated carbocycles. The Morgan fingerprint density at radius 1 is 0.926 bits per heavy atom. The number of anilines is 2. The van der Waals surface area contributed by atoms with Crippen molar-refractivity contribution in [2.24, 2.45) is 0 Å². The van der Waals surface area contributed by atoms with Crippen LogP contribution in [-0.2, 0) is 0 Å². The SMILES string of the molecule is CCN(CC)c1ccc(N2CCN(C(=O)c3ccccc3C)CC2)c(C)c1. The average molecular weight is 366 g/mol. The van der Waals surface area contributed by atoms with Crippen LogP contribution < -0.4 is 9.80 Å². The molecule has 1 aliphatic heterocycles. The minimum atomic E-state index is 0.154. The number of hydrogen-bond acceptors (Lipinski definition) is 3. The molecule has 2 aromatic carbocycles. The van der Waals surface area contributed by atoms with E-state index in [9.17, 15) is 4.79 Å². The first-order valence-electron chi connectivity index (χ1n) is 10.0. The van der Waals surface area contributed by atoms with Crippen molar-refractivity contribution in [3.05, 3.63) is 59.2 Å². The third-order valence-electron chi connectivity index (χ3n) is 5.59. The molecule has 0 N–H and O–H groups in total. The summed E-state index contributed by atoms with van der Waals surface area (Å²) in [5.74, 6) is 0.154. The number of carbonyl (C=O) groups excluding carboxylic acids is 1. The molecule has 0 atom stereocenters. The van der Waals surface area contributed by atoms with Crippen LogP contribution in [0.5, 0.6) is 0 Å². The fourth-order valence-corrected chi connectivity index (χ4v) is 3.91. The standard InChI is InChI=1S/C23H31N3O/c1-5-24(6-2)20-11-12-22(19(4)17-20)25-13-15-26(16-14-25)23(27)21-10-8-7-9-18(21)3/h7-12,17H,5-6,13-16H2,1-4H3. The van der Waals surface area contributed by atoms with Gasteiger partial charge in [0.2, 0.25) is 0 Å². The molecule has 0 bridgehead atoms. The van der Waals surface area contributed by atoms with Crippen LogP contribution >= 0.6 is 0 Å². The van der Waals surface area contributed by atoms with E-state index in [2.05, 4.69) is 48.8 Å². The molecule has 4 heteroatoms. The smallest absolute Gasteiger partial charge is 0.254 e. The van der Waals surface area contributed by atoms with E-state index in [0.29, 0.717) is 0 Å². The zero-order chi connectivity index (χ0) is 19.4. The summed E-state index contributed by atoms with van der Waals surface area (Å²) in [6.45, 7) is 13.9. The maximum Gasteiger partial charge on any atom is 0.254 e. The fraction of sp³-hybridized carbons (Fsp3) is 0.435. The molecule has 1 aliphatic rings. The van der Waals surface area contributed by atoms with Gasteiger partial charge in [0.1, 0.15) is 0 Å². The Labute approximate surface area is 163 Å². The van der Waals surface area contributed by atoms with Crippen LogP contribution in [0, 0.1) is 13.8 Å². The lowest BCUT2D eigenvalue weighted by Gasteiger charge is -2.37. The van der Waals surface area contributed by atoms with Gasteiger partial charge in [0.25, 0.3) is 5.91 Å². The first-order valence-corrected chi connectivity index (χ1v) is 10.0. The van der Waals surface area contributed by atoms with Crippen LogP contribution in [-0.4, -0.2) is 50.1 Å². The van der Waals surface area contributed by atoms with E-state index in [1.807, 2.05) is 36.1 Å². The molecule has 3 rings (SSSR count). The molecule has 0 radical (unpaired) electrons. The second-order valence-corrected chi connectivity index (χ2v) is 7.24. The molecule has 144 valence electrons. The number of piperazine rings is 1. The first kappa shape index (κ1) is 19.3. The fourth-order valence-electron chi connectivity index (χ4n) is 3.91. The van der Waals surface area contributed by atoms with Gasteiger partial charge in [0.05, 0.1) is 0 Å². The summed E-state index contributed by atoms with van der Waals surface area (Å²) in [5, 5.41) is 0. The van der Waals surface area contributed by atoms with Crippen molar-refractivity contribution in [3.8, 4) is 0 Å². The Morgan fingerprint density at radius 3 is 2.19 bits per heavy atom. The molecule has 1 heterocycles. The van der Waals surface area contributed by atoms with Gasteiger partial charge in [-0.25, -0.2) is 0 Å². The third kappa shape index (κ3) is 4.10. The molecule has 1 amide bonds. The topological polar surface area (TPSA) is 26.8 Å². The largest absolute Gasteiger partial charge is 0.372 e. The van der Waals surface area contributed by atoms with Crippen LogP contribution in [0.25, 0.3) is 0 Å². The highest BCUT2D eigenvalue weighted by Gasteiger charge is 2.24. The van der Waals surface area contributed by atoms with E-state index in [1.54, 1.807) is 0 Å². The number of aryl methyl sites for hydroxylation is 2. The van der Waals surface area contributed by atoms with Gasteiger partial charge in [-0.3, -0.25) is 4.79 Å². The molecule has 0 aromatic heterocycles. The molecule has 0 aliphatic carbocycles.